The standard InChI is InChI=1S/C16H12ClN3O3/c17-11-4-1-2-5-12(11)20-9-10(8-14(20)21)15-18-16(23-19-15)13-6-3-7-22-13/h1-7,10H,8-9H2. The van der Waals surface area contributed by atoms with Gasteiger partial charge in [0.15, 0.2) is 11.6 Å². The first-order valence-electron chi connectivity index (χ1n) is 7.15. The number of hydrogen-bond acceptors (Lipinski definition) is 5. The Morgan fingerprint density at radius 3 is 2.87 bits per heavy atom. The molecule has 0 spiro atoms. The highest BCUT2D eigenvalue weighted by molar-refractivity contribution is 6.33. The summed E-state index contributed by atoms with van der Waals surface area (Å²) in [7, 11) is 0. The van der Waals surface area contributed by atoms with Gasteiger partial charge in [-0.15, -0.1) is 0 Å². The Labute approximate surface area is 136 Å². The number of benzene rings is 1. The molecular weight excluding hydrogens is 318 g/mol. The minimum Gasteiger partial charge on any atom is -0.459 e. The molecule has 1 saturated heterocycles. The number of para-hydroxylation sites is 1. The largest absolute Gasteiger partial charge is 0.459 e. The Morgan fingerprint density at radius 2 is 2.09 bits per heavy atom. The first kappa shape index (κ1) is 14.0. The van der Waals surface area contributed by atoms with Gasteiger partial charge in [-0.05, 0) is 24.3 Å². The van der Waals surface area contributed by atoms with E-state index in [1.54, 1.807) is 23.1 Å². The lowest BCUT2D eigenvalue weighted by molar-refractivity contribution is -0.117. The van der Waals surface area contributed by atoms with Gasteiger partial charge in [-0.25, -0.2) is 0 Å². The fourth-order valence-electron chi connectivity index (χ4n) is 2.69. The van der Waals surface area contributed by atoms with Crippen molar-refractivity contribution in [2.24, 2.45) is 0 Å². The predicted octanol–water partition coefficient (Wildman–Crippen LogP) is 3.50. The zero-order chi connectivity index (χ0) is 15.8. The number of amides is 1. The molecule has 1 aliphatic rings. The second-order valence-corrected chi connectivity index (χ2v) is 5.70. The number of hydrogen-bond donors (Lipinski definition) is 0. The van der Waals surface area contributed by atoms with Gasteiger partial charge in [-0.3, -0.25) is 4.79 Å². The number of anilines is 1. The monoisotopic (exact) mass is 329 g/mol. The van der Waals surface area contributed by atoms with Crippen molar-refractivity contribution in [3.63, 3.8) is 0 Å². The number of carbonyl (C=O) groups excluding carboxylic acids is 1. The van der Waals surface area contributed by atoms with Crippen LogP contribution in [0.15, 0.2) is 51.6 Å². The molecule has 2 aromatic heterocycles. The summed E-state index contributed by atoms with van der Waals surface area (Å²) >= 11 is 6.18. The zero-order valence-corrected chi connectivity index (χ0v) is 12.7. The number of halogens is 1. The molecule has 3 aromatic rings. The summed E-state index contributed by atoms with van der Waals surface area (Å²) in [4.78, 5) is 18.3. The first-order valence-corrected chi connectivity index (χ1v) is 7.52. The van der Waals surface area contributed by atoms with Crippen molar-refractivity contribution in [3.05, 3.63) is 53.5 Å². The topological polar surface area (TPSA) is 72.4 Å². The Bertz CT molecular complexity index is 844. The third-order valence-electron chi connectivity index (χ3n) is 3.81. The number of rotatable bonds is 3. The molecule has 23 heavy (non-hydrogen) atoms. The van der Waals surface area contributed by atoms with Crippen LogP contribution in [0.4, 0.5) is 5.69 Å². The second-order valence-electron chi connectivity index (χ2n) is 5.29. The molecule has 3 heterocycles. The third-order valence-corrected chi connectivity index (χ3v) is 4.13. The smallest absolute Gasteiger partial charge is 0.293 e. The van der Waals surface area contributed by atoms with Crippen LogP contribution in [0, 0.1) is 0 Å². The van der Waals surface area contributed by atoms with Gasteiger partial charge in [-0.2, -0.15) is 4.98 Å². The quantitative estimate of drug-likeness (QED) is 0.735. The van der Waals surface area contributed by atoms with Crippen molar-refractivity contribution < 1.29 is 13.7 Å². The normalized spacial score (nSPS) is 17.9. The van der Waals surface area contributed by atoms with Gasteiger partial charge in [0.2, 0.25) is 5.91 Å². The van der Waals surface area contributed by atoms with Gasteiger partial charge in [0.25, 0.3) is 5.89 Å². The molecule has 1 atom stereocenters. The van der Waals surface area contributed by atoms with E-state index in [-0.39, 0.29) is 11.8 Å². The minimum atomic E-state index is -0.133. The van der Waals surface area contributed by atoms with E-state index >= 15 is 0 Å². The summed E-state index contributed by atoms with van der Waals surface area (Å²) in [6, 6.07) is 10.8. The van der Waals surface area contributed by atoms with Crippen LogP contribution in [0.1, 0.15) is 18.2 Å². The Hall–Kier alpha value is -2.60. The SMILES string of the molecule is O=C1CC(c2noc(-c3ccco3)n2)CN1c1ccccc1Cl. The van der Waals surface area contributed by atoms with Crippen molar-refractivity contribution >= 4 is 23.2 Å². The van der Waals surface area contributed by atoms with Crippen molar-refractivity contribution in [2.45, 2.75) is 12.3 Å². The lowest BCUT2D eigenvalue weighted by atomic mass is 10.1. The van der Waals surface area contributed by atoms with E-state index in [2.05, 4.69) is 10.1 Å². The Kier molecular flexibility index (Phi) is 3.38. The van der Waals surface area contributed by atoms with Crippen LogP contribution in [0.2, 0.25) is 5.02 Å². The minimum absolute atomic E-state index is 0.00699. The molecular formula is C16H12ClN3O3. The van der Waals surface area contributed by atoms with E-state index in [1.165, 1.54) is 6.26 Å². The first-order chi connectivity index (χ1) is 11.2. The number of furan rings is 1. The molecule has 1 fully saturated rings. The highest BCUT2D eigenvalue weighted by atomic mass is 35.5. The summed E-state index contributed by atoms with van der Waals surface area (Å²) in [5.74, 6) is 1.18. The fourth-order valence-corrected chi connectivity index (χ4v) is 2.92. The van der Waals surface area contributed by atoms with E-state index in [1.807, 2.05) is 18.2 Å². The lowest BCUT2D eigenvalue weighted by Gasteiger charge is -2.17. The van der Waals surface area contributed by atoms with Crippen molar-refractivity contribution in [2.75, 3.05) is 11.4 Å². The van der Waals surface area contributed by atoms with Gasteiger partial charge >= 0.3 is 0 Å². The molecule has 1 aromatic carbocycles. The number of aromatic nitrogens is 2. The van der Waals surface area contributed by atoms with Crippen LogP contribution < -0.4 is 4.90 Å². The summed E-state index contributed by atoms with van der Waals surface area (Å²) in [5, 5.41) is 4.53. The van der Waals surface area contributed by atoms with Gasteiger partial charge < -0.3 is 13.8 Å². The van der Waals surface area contributed by atoms with Crippen molar-refractivity contribution in [1.29, 1.82) is 0 Å². The lowest BCUT2D eigenvalue weighted by Crippen LogP contribution is -2.24. The average molecular weight is 330 g/mol. The second kappa shape index (κ2) is 5.55. The van der Waals surface area contributed by atoms with E-state index < -0.39 is 0 Å². The molecule has 116 valence electrons. The van der Waals surface area contributed by atoms with Crippen LogP contribution in [0.25, 0.3) is 11.7 Å². The molecule has 0 saturated carbocycles. The summed E-state index contributed by atoms with van der Waals surface area (Å²) in [5.41, 5.74) is 0.705. The zero-order valence-electron chi connectivity index (χ0n) is 12.0. The van der Waals surface area contributed by atoms with Gasteiger partial charge in [0.1, 0.15) is 0 Å². The van der Waals surface area contributed by atoms with Gasteiger partial charge in [-0.1, -0.05) is 28.9 Å². The molecule has 1 unspecified atom stereocenters. The maximum absolute atomic E-state index is 12.3. The highest BCUT2D eigenvalue weighted by Crippen LogP contribution is 2.34. The molecule has 1 aliphatic heterocycles. The average Bonchev–Trinajstić information content (AvgIpc) is 3.27. The van der Waals surface area contributed by atoms with Gasteiger partial charge in [0, 0.05) is 18.9 Å². The molecule has 0 N–H and O–H groups in total. The van der Waals surface area contributed by atoms with Crippen LogP contribution in [-0.4, -0.2) is 22.6 Å². The Balaban J connectivity index is 1.58. The van der Waals surface area contributed by atoms with Crippen molar-refractivity contribution in [1.82, 2.24) is 10.1 Å². The molecule has 1 amide bonds. The number of carbonyl (C=O) groups is 1. The third kappa shape index (κ3) is 2.51. The number of nitrogens with zero attached hydrogens (tertiary/aromatic N) is 3. The van der Waals surface area contributed by atoms with E-state index in [4.69, 9.17) is 20.5 Å². The molecule has 4 rings (SSSR count). The van der Waals surface area contributed by atoms with E-state index in [9.17, 15) is 4.79 Å². The maximum Gasteiger partial charge on any atom is 0.293 e. The molecule has 6 nitrogen and oxygen atoms in total. The van der Waals surface area contributed by atoms with E-state index in [0.717, 1.165) is 0 Å². The predicted molar refractivity (Wildman–Crippen MR) is 83.2 cm³/mol. The maximum atomic E-state index is 12.3. The summed E-state index contributed by atoms with van der Waals surface area (Å²) in [6.45, 7) is 0.472. The summed E-state index contributed by atoms with van der Waals surface area (Å²) in [6.07, 6.45) is 1.86. The molecule has 0 aliphatic carbocycles. The van der Waals surface area contributed by atoms with Crippen LogP contribution >= 0.6 is 11.6 Å². The molecule has 0 radical (unpaired) electrons. The fraction of sp³-hybridized carbons (Fsp3) is 0.188. The van der Waals surface area contributed by atoms with E-state index in [0.29, 0.717) is 41.2 Å². The van der Waals surface area contributed by atoms with Crippen LogP contribution in [-0.2, 0) is 4.79 Å². The molecule has 0 bridgehead atoms. The van der Waals surface area contributed by atoms with Crippen LogP contribution in [0.5, 0.6) is 0 Å². The van der Waals surface area contributed by atoms with Gasteiger partial charge in [0.05, 0.1) is 17.0 Å². The summed E-state index contributed by atoms with van der Waals surface area (Å²) < 4.78 is 10.4. The molecule has 7 heteroatoms. The van der Waals surface area contributed by atoms with Crippen molar-refractivity contribution in [3.8, 4) is 11.7 Å². The van der Waals surface area contributed by atoms with Crippen LogP contribution in [0.3, 0.4) is 0 Å². The highest BCUT2D eigenvalue weighted by Gasteiger charge is 2.35. The Morgan fingerprint density at radius 1 is 1.22 bits per heavy atom.